The van der Waals surface area contributed by atoms with Gasteiger partial charge in [-0.2, -0.15) is 26.3 Å². The lowest BCUT2D eigenvalue weighted by Crippen LogP contribution is -2.17. The van der Waals surface area contributed by atoms with Gasteiger partial charge in [-0.05, 0) is 24.1 Å². The van der Waals surface area contributed by atoms with E-state index in [4.69, 9.17) is 5.11 Å². The zero-order chi connectivity index (χ0) is 13.3. The molecule has 0 bridgehead atoms. The van der Waals surface area contributed by atoms with Crippen LogP contribution in [0.4, 0.5) is 26.3 Å². The Hall–Kier alpha value is -1.24. The Morgan fingerprint density at radius 2 is 1.29 bits per heavy atom. The summed E-state index contributed by atoms with van der Waals surface area (Å²) in [6.45, 7) is -0.782. The van der Waals surface area contributed by atoms with E-state index >= 15 is 0 Å². The van der Waals surface area contributed by atoms with Crippen molar-refractivity contribution in [1.29, 1.82) is 0 Å². The lowest BCUT2D eigenvalue weighted by molar-refractivity contribution is -0.144. The summed E-state index contributed by atoms with van der Waals surface area (Å²) in [5.74, 6) is 0. The van der Waals surface area contributed by atoms with Crippen molar-refractivity contribution in [2.24, 2.45) is 0 Å². The van der Waals surface area contributed by atoms with Crippen LogP contribution in [0.15, 0.2) is 18.2 Å². The van der Waals surface area contributed by atoms with Crippen LogP contribution in [0.3, 0.4) is 0 Å². The van der Waals surface area contributed by atoms with E-state index in [1.165, 1.54) is 0 Å². The predicted molar refractivity (Wildman–Crippen MR) is 47.2 cm³/mol. The fourth-order valence-corrected chi connectivity index (χ4v) is 1.50. The van der Waals surface area contributed by atoms with E-state index in [0.29, 0.717) is 18.2 Å². The summed E-state index contributed by atoms with van der Waals surface area (Å²) in [7, 11) is 0. The van der Waals surface area contributed by atoms with Crippen molar-refractivity contribution in [2.75, 3.05) is 6.61 Å². The van der Waals surface area contributed by atoms with Crippen LogP contribution in [0.25, 0.3) is 0 Å². The van der Waals surface area contributed by atoms with Crippen molar-refractivity contribution >= 4 is 0 Å². The molecule has 1 aromatic rings. The van der Waals surface area contributed by atoms with Gasteiger partial charge in [0.05, 0.1) is 11.1 Å². The molecule has 96 valence electrons. The highest BCUT2D eigenvalue weighted by Gasteiger charge is 2.39. The fourth-order valence-electron chi connectivity index (χ4n) is 1.50. The Labute approximate surface area is 92.7 Å². The average molecular weight is 258 g/mol. The molecule has 0 unspecified atom stereocenters. The third-order valence-corrected chi connectivity index (χ3v) is 2.15. The molecule has 0 saturated heterocycles. The number of hydrogen-bond acceptors (Lipinski definition) is 1. The molecular weight excluding hydrogens is 250 g/mol. The standard InChI is InChI=1S/C10H8F6O/c11-9(12,13)7-2-1-3-8(10(14,15)16)6(7)4-5-17/h1-3,17H,4-5H2. The van der Waals surface area contributed by atoms with E-state index in [-0.39, 0.29) is 0 Å². The van der Waals surface area contributed by atoms with E-state index < -0.39 is 42.1 Å². The number of alkyl halides is 6. The van der Waals surface area contributed by atoms with E-state index in [1.54, 1.807) is 0 Å². The first-order valence-corrected chi connectivity index (χ1v) is 4.55. The van der Waals surface area contributed by atoms with Gasteiger partial charge in [0.15, 0.2) is 0 Å². The van der Waals surface area contributed by atoms with Gasteiger partial charge in [0.25, 0.3) is 0 Å². The number of hydrogen-bond donors (Lipinski definition) is 1. The Morgan fingerprint density at radius 1 is 0.882 bits per heavy atom. The number of rotatable bonds is 2. The highest BCUT2D eigenvalue weighted by atomic mass is 19.4. The molecule has 0 aliphatic carbocycles. The second-order valence-corrected chi connectivity index (χ2v) is 3.30. The summed E-state index contributed by atoms with van der Waals surface area (Å²) in [5, 5.41) is 8.57. The first-order valence-electron chi connectivity index (χ1n) is 4.55. The molecule has 0 heterocycles. The number of aliphatic hydroxyl groups excluding tert-OH is 1. The van der Waals surface area contributed by atoms with Gasteiger partial charge in [-0.25, -0.2) is 0 Å². The molecule has 1 aromatic carbocycles. The minimum Gasteiger partial charge on any atom is -0.396 e. The molecule has 0 fully saturated rings. The maximum Gasteiger partial charge on any atom is 0.416 e. The zero-order valence-electron chi connectivity index (χ0n) is 8.36. The van der Waals surface area contributed by atoms with Crippen LogP contribution in [0.2, 0.25) is 0 Å². The molecule has 1 rings (SSSR count). The highest BCUT2D eigenvalue weighted by molar-refractivity contribution is 5.39. The molecule has 17 heavy (non-hydrogen) atoms. The topological polar surface area (TPSA) is 20.2 Å². The monoisotopic (exact) mass is 258 g/mol. The van der Waals surface area contributed by atoms with Gasteiger partial charge in [-0.15, -0.1) is 0 Å². The van der Waals surface area contributed by atoms with Crippen molar-refractivity contribution in [2.45, 2.75) is 18.8 Å². The van der Waals surface area contributed by atoms with E-state index in [9.17, 15) is 26.3 Å². The molecule has 0 atom stereocenters. The number of aliphatic hydroxyl groups is 1. The Bertz CT molecular complexity index is 361. The van der Waals surface area contributed by atoms with E-state index in [1.807, 2.05) is 0 Å². The minimum absolute atomic E-state index is 0.570. The van der Waals surface area contributed by atoms with Crippen molar-refractivity contribution < 1.29 is 31.4 Å². The van der Waals surface area contributed by atoms with Gasteiger partial charge in [0.1, 0.15) is 0 Å². The predicted octanol–water partition coefficient (Wildman–Crippen LogP) is 3.26. The molecule has 1 N–H and O–H groups in total. The van der Waals surface area contributed by atoms with E-state index in [0.717, 1.165) is 0 Å². The summed E-state index contributed by atoms with van der Waals surface area (Å²) < 4.78 is 74.9. The molecule has 1 nitrogen and oxygen atoms in total. The van der Waals surface area contributed by atoms with Crippen LogP contribution in [-0.2, 0) is 18.8 Å². The normalized spacial score (nSPS) is 12.9. The van der Waals surface area contributed by atoms with E-state index in [2.05, 4.69) is 0 Å². The second-order valence-electron chi connectivity index (χ2n) is 3.30. The smallest absolute Gasteiger partial charge is 0.396 e. The quantitative estimate of drug-likeness (QED) is 0.807. The summed E-state index contributed by atoms with van der Waals surface area (Å²) in [4.78, 5) is 0. The summed E-state index contributed by atoms with van der Waals surface area (Å²) in [6, 6.07) is 1.84. The molecule has 7 heteroatoms. The summed E-state index contributed by atoms with van der Waals surface area (Å²) in [6.07, 6.45) is -10.4. The summed E-state index contributed by atoms with van der Waals surface area (Å²) in [5.41, 5.74) is -3.64. The molecule has 0 saturated carbocycles. The lowest BCUT2D eigenvalue weighted by atomic mass is 9.97. The number of benzene rings is 1. The van der Waals surface area contributed by atoms with Crippen LogP contribution >= 0.6 is 0 Å². The highest BCUT2D eigenvalue weighted by Crippen LogP contribution is 2.39. The van der Waals surface area contributed by atoms with Crippen LogP contribution in [0, 0.1) is 0 Å². The third-order valence-electron chi connectivity index (χ3n) is 2.15. The molecule has 0 aliphatic heterocycles. The van der Waals surface area contributed by atoms with Crippen LogP contribution in [0.5, 0.6) is 0 Å². The number of halogens is 6. The third kappa shape index (κ3) is 3.12. The van der Waals surface area contributed by atoms with Gasteiger partial charge in [0.2, 0.25) is 0 Å². The zero-order valence-corrected chi connectivity index (χ0v) is 8.36. The first-order chi connectivity index (χ1) is 7.68. The largest absolute Gasteiger partial charge is 0.416 e. The van der Waals surface area contributed by atoms with Crippen molar-refractivity contribution in [3.05, 3.63) is 34.9 Å². The van der Waals surface area contributed by atoms with Gasteiger partial charge >= 0.3 is 12.4 Å². The molecule has 0 radical (unpaired) electrons. The molecule has 0 spiro atoms. The minimum atomic E-state index is -4.87. The van der Waals surface area contributed by atoms with Crippen molar-refractivity contribution in [3.8, 4) is 0 Å². The molecule has 0 amide bonds. The Morgan fingerprint density at radius 3 is 1.59 bits per heavy atom. The Balaban J connectivity index is 3.43. The van der Waals surface area contributed by atoms with Gasteiger partial charge in [0, 0.05) is 6.61 Å². The summed E-state index contributed by atoms with van der Waals surface area (Å²) >= 11 is 0. The second kappa shape index (κ2) is 4.56. The SMILES string of the molecule is OCCc1c(C(F)(F)F)cccc1C(F)(F)F. The van der Waals surface area contributed by atoms with Crippen molar-refractivity contribution in [1.82, 2.24) is 0 Å². The first kappa shape index (κ1) is 13.8. The molecule has 0 aliphatic rings. The maximum atomic E-state index is 12.5. The van der Waals surface area contributed by atoms with Gasteiger partial charge < -0.3 is 5.11 Å². The fraction of sp³-hybridized carbons (Fsp3) is 0.400. The average Bonchev–Trinajstić information content (AvgIpc) is 2.15. The molecular formula is C10H8F6O. The van der Waals surface area contributed by atoms with Gasteiger partial charge in [-0.1, -0.05) is 6.07 Å². The van der Waals surface area contributed by atoms with Crippen LogP contribution in [-0.4, -0.2) is 11.7 Å². The molecule has 0 aromatic heterocycles. The van der Waals surface area contributed by atoms with Crippen LogP contribution in [0.1, 0.15) is 16.7 Å². The van der Waals surface area contributed by atoms with Gasteiger partial charge in [-0.3, -0.25) is 0 Å². The maximum absolute atomic E-state index is 12.5. The Kier molecular flexibility index (Phi) is 3.71. The van der Waals surface area contributed by atoms with Crippen LogP contribution < -0.4 is 0 Å². The van der Waals surface area contributed by atoms with Crippen molar-refractivity contribution in [3.63, 3.8) is 0 Å². The lowest BCUT2D eigenvalue weighted by Gasteiger charge is -2.17.